The highest BCUT2D eigenvalue weighted by atomic mass is 16.5. The third-order valence-corrected chi connectivity index (χ3v) is 2.96. The van der Waals surface area contributed by atoms with Crippen LogP contribution in [0.25, 0.3) is 0 Å². The first-order valence-corrected chi connectivity index (χ1v) is 6.48. The molecule has 6 heteroatoms. The number of methoxy groups -OCH3 is 1. The summed E-state index contributed by atoms with van der Waals surface area (Å²) in [5.74, 6) is -0.214. The van der Waals surface area contributed by atoms with E-state index >= 15 is 0 Å². The van der Waals surface area contributed by atoms with Crippen LogP contribution in [0.5, 0.6) is 0 Å². The molecule has 0 saturated carbocycles. The molecule has 0 bridgehead atoms. The molecule has 0 aromatic heterocycles. The number of rotatable bonds is 7. The molecule has 20 heavy (non-hydrogen) atoms. The van der Waals surface area contributed by atoms with Crippen LogP contribution < -0.4 is 10.6 Å². The summed E-state index contributed by atoms with van der Waals surface area (Å²) in [4.78, 5) is 23.2. The molecule has 0 aliphatic carbocycles. The fraction of sp³-hybridized carbons (Fsp3) is 0.429. The van der Waals surface area contributed by atoms with Gasteiger partial charge in [-0.25, -0.2) is 0 Å². The highest BCUT2D eigenvalue weighted by molar-refractivity contribution is 6.02. The van der Waals surface area contributed by atoms with Gasteiger partial charge in [0.25, 0.3) is 5.91 Å². The molecule has 0 fully saturated rings. The number of benzene rings is 1. The van der Waals surface area contributed by atoms with Crippen molar-refractivity contribution in [3.63, 3.8) is 0 Å². The van der Waals surface area contributed by atoms with Crippen molar-refractivity contribution >= 4 is 17.5 Å². The molecule has 0 saturated heterocycles. The lowest BCUT2D eigenvalue weighted by Gasteiger charge is -2.07. The largest absolute Gasteiger partial charge is 0.382 e. The summed E-state index contributed by atoms with van der Waals surface area (Å²) in [6, 6.07) is 5.22. The van der Waals surface area contributed by atoms with Gasteiger partial charge in [0.1, 0.15) is 0 Å². The number of carbonyl (C=O) groups is 2. The lowest BCUT2D eigenvalue weighted by molar-refractivity contribution is -0.115. The third-order valence-electron chi connectivity index (χ3n) is 2.96. The van der Waals surface area contributed by atoms with Gasteiger partial charge in [-0.1, -0.05) is 6.07 Å². The van der Waals surface area contributed by atoms with Gasteiger partial charge >= 0.3 is 0 Å². The van der Waals surface area contributed by atoms with Crippen molar-refractivity contribution < 1.29 is 19.1 Å². The van der Waals surface area contributed by atoms with E-state index in [1.165, 1.54) is 0 Å². The second-order valence-electron chi connectivity index (χ2n) is 4.46. The predicted octanol–water partition coefficient (Wildman–Crippen LogP) is 0.574. The molecule has 0 spiro atoms. The molecule has 0 unspecified atom stereocenters. The van der Waals surface area contributed by atoms with Crippen LogP contribution in [0.3, 0.4) is 0 Å². The number of nitrogens with one attached hydrogen (secondary N) is 2. The van der Waals surface area contributed by atoms with Crippen molar-refractivity contribution in [2.75, 3.05) is 38.8 Å². The smallest absolute Gasteiger partial charge is 0.251 e. The van der Waals surface area contributed by atoms with Crippen molar-refractivity contribution in [1.29, 1.82) is 0 Å². The first-order valence-electron chi connectivity index (χ1n) is 6.48. The summed E-state index contributed by atoms with van der Waals surface area (Å²) in [7, 11) is 1.61. The topological polar surface area (TPSA) is 76.7 Å². The van der Waals surface area contributed by atoms with Crippen LogP contribution in [-0.2, 0) is 20.7 Å². The van der Waals surface area contributed by atoms with E-state index in [2.05, 4.69) is 10.6 Å². The van der Waals surface area contributed by atoms with Gasteiger partial charge in [-0.3, -0.25) is 9.59 Å². The molecule has 1 aromatic rings. The van der Waals surface area contributed by atoms with Crippen LogP contribution in [-0.4, -0.2) is 45.3 Å². The summed E-state index contributed by atoms with van der Waals surface area (Å²) in [5, 5.41) is 5.49. The van der Waals surface area contributed by atoms with Gasteiger partial charge in [-0.2, -0.15) is 0 Å². The Kier molecular flexibility index (Phi) is 5.09. The van der Waals surface area contributed by atoms with Crippen LogP contribution in [0.1, 0.15) is 15.9 Å². The van der Waals surface area contributed by atoms with Gasteiger partial charge in [0.05, 0.1) is 26.2 Å². The normalized spacial score (nSPS) is 12.9. The first-order chi connectivity index (χ1) is 9.70. The van der Waals surface area contributed by atoms with Crippen molar-refractivity contribution in [1.82, 2.24) is 5.32 Å². The van der Waals surface area contributed by atoms with E-state index in [-0.39, 0.29) is 11.8 Å². The number of hydrogen-bond acceptors (Lipinski definition) is 4. The van der Waals surface area contributed by atoms with Gasteiger partial charge in [0, 0.05) is 24.9 Å². The Balaban J connectivity index is 1.79. The van der Waals surface area contributed by atoms with E-state index < -0.39 is 0 Å². The standard InChI is InChI=1S/C14H18N2O4/c1-19-6-7-20-5-4-15-14(18)11-3-2-10-9-13(17)16-12(10)8-11/h2-3,8H,4-7,9H2,1H3,(H,15,18)(H,16,17). The second kappa shape index (κ2) is 7.02. The Morgan fingerprint density at radius 2 is 2.20 bits per heavy atom. The molecule has 1 aliphatic heterocycles. The molecular formula is C14H18N2O4. The molecule has 108 valence electrons. The van der Waals surface area contributed by atoms with Crippen LogP contribution in [0.15, 0.2) is 18.2 Å². The van der Waals surface area contributed by atoms with Crippen molar-refractivity contribution in [2.45, 2.75) is 6.42 Å². The van der Waals surface area contributed by atoms with Gasteiger partial charge in [0.2, 0.25) is 5.91 Å². The zero-order valence-electron chi connectivity index (χ0n) is 11.4. The Morgan fingerprint density at radius 3 is 3.00 bits per heavy atom. The average Bonchev–Trinajstić information content (AvgIpc) is 2.81. The Labute approximate surface area is 117 Å². The van der Waals surface area contributed by atoms with Crippen molar-refractivity contribution in [3.05, 3.63) is 29.3 Å². The maximum atomic E-state index is 11.9. The van der Waals surface area contributed by atoms with E-state index in [9.17, 15) is 9.59 Å². The second-order valence-corrected chi connectivity index (χ2v) is 4.46. The monoisotopic (exact) mass is 278 g/mol. The summed E-state index contributed by atoms with van der Waals surface area (Å²) >= 11 is 0. The lowest BCUT2D eigenvalue weighted by atomic mass is 10.1. The van der Waals surface area contributed by atoms with Gasteiger partial charge in [-0.15, -0.1) is 0 Å². The molecule has 6 nitrogen and oxygen atoms in total. The minimum absolute atomic E-state index is 0.0379. The quantitative estimate of drug-likeness (QED) is 0.715. The molecule has 1 aromatic carbocycles. The van der Waals surface area contributed by atoms with Gasteiger partial charge in [-0.05, 0) is 17.7 Å². The minimum atomic E-state index is -0.177. The molecule has 1 aliphatic rings. The summed E-state index contributed by atoms with van der Waals surface area (Å²) < 4.78 is 10.1. The number of fused-ring (bicyclic) bond motifs is 1. The molecular weight excluding hydrogens is 260 g/mol. The molecule has 0 radical (unpaired) electrons. The van der Waals surface area contributed by atoms with Gasteiger partial charge in [0.15, 0.2) is 0 Å². The number of carbonyl (C=O) groups excluding carboxylic acids is 2. The Bertz CT molecular complexity index is 502. The highest BCUT2D eigenvalue weighted by Crippen LogP contribution is 2.23. The van der Waals surface area contributed by atoms with Crippen LogP contribution in [0.4, 0.5) is 5.69 Å². The highest BCUT2D eigenvalue weighted by Gasteiger charge is 2.18. The van der Waals surface area contributed by atoms with E-state index in [1.54, 1.807) is 25.3 Å². The fourth-order valence-electron chi connectivity index (χ4n) is 1.94. The zero-order chi connectivity index (χ0) is 14.4. The molecule has 2 N–H and O–H groups in total. The molecule has 0 atom stereocenters. The van der Waals surface area contributed by atoms with Crippen molar-refractivity contribution in [2.24, 2.45) is 0 Å². The maximum Gasteiger partial charge on any atom is 0.251 e. The van der Waals surface area contributed by atoms with E-state index in [4.69, 9.17) is 9.47 Å². The van der Waals surface area contributed by atoms with Crippen LogP contribution in [0.2, 0.25) is 0 Å². The Hall–Kier alpha value is -1.92. The summed E-state index contributed by atoms with van der Waals surface area (Å²) in [6.07, 6.45) is 0.380. The summed E-state index contributed by atoms with van der Waals surface area (Å²) in [6.45, 7) is 1.93. The predicted molar refractivity (Wildman–Crippen MR) is 73.8 cm³/mol. The number of ether oxygens (including phenoxy) is 2. The number of hydrogen-bond donors (Lipinski definition) is 2. The summed E-state index contributed by atoms with van der Waals surface area (Å²) in [5.41, 5.74) is 2.18. The van der Waals surface area contributed by atoms with E-state index in [1.807, 2.05) is 0 Å². The van der Waals surface area contributed by atoms with Crippen LogP contribution in [0, 0.1) is 0 Å². The van der Waals surface area contributed by atoms with E-state index in [0.717, 1.165) is 11.3 Å². The fourth-order valence-corrected chi connectivity index (χ4v) is 1.94. The Morgan fingerprint density at radius 1 is 1.35 bits per heavy atom. The average molecular weight is 278 g/mol. The molecule has 2 amide bonds. The molecule has 1 heterocycles. The van der Waals surface area contributed by atoms with Crippen LogP contribution >= 0.6 is 0 Å². The number of amides is 2. The molecule has 2 rings (SSSR count). The zero-order valence-corrected chi connectivity index (χ0v) is 11.4. The van der Waals surface area contributed by atoms with Gasteiger partial charge < -0.3 is 20.1 Å². The maximum absolute atomic E-state index is 11.9. The van der Waals surface area contributed by atoms with E-state index in [0.29, 0.717) is 38.3 Å². The third kappa shape index (κ3) is 3.79. The van der Waals surface area contributed by atoms with Crippen molar-refractivity contribution in [3.8, 4) is 0 Å². The first kappa shape index (κ1) is 14.5. The number of anilines is 1. The minimum Gasteiger partial charge on any atom is -0.382 e. The lowest BCUT2D eigenvalue weighted by Crippen LogP contribution is -2.27. The SMILES string of the molecule is COCCOCCNC(=O)c1ccc2c(c1)NC(=O)C2.